The fourth-order valence-electron chi connectivity index (χ4n) is 3.11. The zero-order valence-electron chi connectivity index (χ0n) is 16.0. The zero-order chi connectivity index (χ0) is 20.4. The summed E-state index contributed by atoms with van der Waals surface area (Å²) in [4.78, 5) is 17.9. The molecule has 5 nitrogen and oxygen atoms in total. The van der Waals surface area contributed by atoms with Crippen LogP contribution in [-0.4, -0.2) is 21.2 Å². The third kappa shape index (κ3) is 4.15. The molecule has 0 radical (unpaired) electrons. The zero-order valence-corrected chi connectivity index (χ0v) is 18.3. The van der Waals surface area contributed by atoms with Gasteiger partial charge in [0.15, 0.2) is 0 Å². The Morgan fingerprint density at radius 2 is 1.71 bits per heavy atom. The molecular formula is C20H21Cl2N3O2S. The molecule has 0 fully saturated rings. The number of benzene rings is 1. The Hall–Kier alpha value is -1.73. The summed E-state index contributed by atoms with van der Waals surface area (Å²) in [6.45, 7) is 3.96. The molecular weight excluding hydrogens is 417 g/mol. The highest BCUT2D eigenvalue weighted by atomic mass is 35.5. The van der Waals surface area contributed by atoms with Crippen molar-refractivity contribution in [3.63, 3.8) is 0 Å². The summed E-state index contributed by atoms with van der Waals surface area (Å²) >= 11 is 13.8. The second-order valence-electron chi connectivity index (χ2n) is 6.60. The fourth-order valence-corrected chi connectivity index (χ4v) is 5.09. The van der Waals surface area contributed by atoms with Crippen LogP contribution in [0, 0.1) is 0 Å². The Morgan fingerprint density at radius 1 is 1.11 bits per heavy atom. The van der Waals surface area contributed by atoms with Gasteiger partial charge in [0.2, 0.25) is 0 Å². The lowest BCUT2D eigenvalue weighted by Gasteiger charge is -2.19. The molecule has 8 heteroatoms. The molecule has 0 bridgehead atoms. The minimum atomic E-state index is -0.419. The Balaban J connectivity index is 2.22. The van der Waals surface area contributed by atoms with Crippen molar-refractivity contribution in [2.24, 2.45) is 7.05 Å². The molecule has 0 amide bonds. The van der Waals surface area contributed by atoms with Crippen LogP contribution in [0.2, 0.25) is 10.0 Å². The molecule has 0 aliphatic heterocycles. The topological polar surface area (TPSA) is 49.1 Å². The lowest BCUT2D eigenvalue weighted by atomic mass is 10.1. The summed E-state index contributed by atoms with van der Waals surface area (Å²) in [5.41, 5.74) is 1.59. The summed E-state index contributed by atoms with van der Waals surface area (Å²) in [6.07, 6.45) is 3.00. The number of methoxy groups -OCH3 is 1. The van der Waals surface area contributed by atoms with Gasteiger partial charge in [0.25, 0.3) is 0 Å². The van der Waals surface area contributed by atoms with Crippen molar-refractivity contribution >= 4 is 35.0 Å². The van der Waals surface area contributed by atoms with Gasteiger partial charge < -0.3 is 4.74 Å². The average molecular weight is 438 g/mol. The van der Waals surface area contributed by atoms with Crippen molar-refractivity contribution in [3.8, 4) is 0 Å². The minimum absolute atomic E-state index is 0.0282. The summed E-state index contributed by atoms with van der Waals surface area (Å²) < 4.78 is 9.22. The van der Waals surface area contributed by atoms with Crippen LogP contribution in [0.25, 0.3) is 0 Å². The van der Waals surface area contributed by atoms with E-state index < -0.39 is 6.10 Å². The van der Waals surface area contributed by atoms with Crippen LogP contribution in [0.15, 0.2) is 57.4 Å². The Labute approximate surface area is 178 Å². The first-order valence-corrected chi connectivity index (χ1v) is 10.3. The van der Waals surface area contributed by atoms with E-state index in [4.69, 9.17) is 27.9 Å². The third-order valence-electron chi connectivity index (χ3n) is 4.35. The van der Waals surface area contributed by atoms with E-state index >= 15 is 0 Å². The molecule has 0 aliphatic carbocycles. The van der Waals surface area contributed by atoms with E-state index in [0.29, 0.717) is 10.0 Å². The molecule has 0 spiro atoms. The summed E-state index contributed by atoms with van der Waals surface area (Å²) in [7, 11) is 3.39. The van der Waals surface area contributed by atoms with Crippen LogP contribution in [0.3, 0.4) is 0 Å². The summed E-state index contributed by atoms with van der Waals surface area (Å²) in [6, 6.07) is 9.09. The van der Waals surface area contributed by atoms with Gasteiger partial charge in [-0.1, -0.05) is 35.0 Å². The van der Waals surface area contributed by atoms with Crippen molar-refractivity contribution in [2.75, 3.05) is 7.11 Å². The van der Waals surface area contributed by atoms with Gasteiger partial charge in [-0.15, -0.1) is 0 Å². The van der Waals surface area contributed by atoms with Crippen LogP contribution in [-0.2, 0) is 11.8 Å². The maximum absolute atomic E-state index is 13.0. The molecule has 0 aliphatic rings. The van der Waals surface area contributed by atoms with E-state index in [2.05, 4.69) is 4.98 Å². The van der Waals surface area contributed by atoms with Gasteiger partial charge in [0, 0.05) is 47.5 Å². The van der Waals surface area contributed by atoms with Gasteiger partial charge in [-0.25, -0.2) is 4.79 Å². The van der Waals surface area contributed by atoms with E-state index in [1.807, 2.05) is 38.1 Å². The number of ether oxygens (including phenoxy) is 1. The quantitative estimate of drug-likeness (QED) is 0.520. The second kappa shape index (κ2) is 8.74. The van der Waals surface area contributed by atoms with E-state index in [1.165, 1.54) is 11.8 Å². The molecule has 0 saturated heterocycles. The highest BCUT2D eigenvalue weighted by molar-refractivity contribution is 7.99. The van der Waals surface area contributed by atoms with Gasteiger partial charge in [-0.3, -0.25) is 14.1 Å². The van der Waals surface area contributed by atoms with E-state index in [1.54, 1.807) is 41.8 Å². The van der Waals surface area contributed by atoms with Crippen molar-refractivity contribution in [1.82, 2.24) is 14.1 Å². The molecule has 2 heterocycles. The predicted octanol–water partition coefficient (Wildman–Crippen LogP) is 5.36. The Morgan fingerprint density at radius 3 is 2.25 bits per heavy atom. The van der Waals surface area contributed by atoms with Crippen molar-refractivity contribution in [2.45, 2.75) is 35.9 Å². The van der Waals surface area contributed by atoms with E-state index in [9.17, 15) is 4.79 Å². The molecule has 1 unspecified atom stereocenters. The monoisotopic (exact) mass is 437 g/mol. The molecule has 0 saturated carbocycles. The molecule has 3 aromatic rings. The van der Waals surface area contributed by atoms with Crippen molar-refractivity contribution < 1.29 is 4.74 Å². The van der Waals surface area contributed by atoms with Gasteiger partial charge in [-0.05, 0) is 49.7 Å². The number of hydrogen-bond acceptors (Lipinski definition) is 4. The molecule has 148 valence electrons. The predicted molar refractivity (Wildman–Crippen MR) is 114 cm³/mol. The van der Waals surface area contributed by atoms with Crippen LogP contribution in [0.1, 0.15) is 37.3 Å². The van der Waals surface area contributed by atoms with Crippen molar-refractivity contribution in [1.29, 1.82) is 0 Å². The van der Waals surface area contributed by atoms with Crippen LogP contribution in [0.5, 0.6) is 0 Å². The molecule has 0 N–H and O–H groups in total. The SMILES string of the molecule is COC(c1ccncc1)c1c(Sc2cc(Cl)cc(Cl)c2)n(C(C)C)c(=O)n1C. The number of nitrogens with zero attached hydrogens (tertiary/aromatic N) is 3. The fraction of sp³-hybridized carbons (Fsp3) is 0.300. The highest BCUT2D eigenvalue weighted by Gasteiger charge is 2.28. The molecule has 1 atom stereocenters. The number of aromatic nitrogens is 3. The average Bonchev–Trinajstić information content (AvgIpc) is 2.87. The smallest absolute Gasteiger partial charge is 0.329 e. The van der Waals surface area contributed by atoms with Crippen LogP contribution in [0.4, 0.5) is 0 Å². The Kier molecular flexibility index (Phi) is 6.55. The molecule has 1 aromatic carbocycles. The maximum Gasteiger partial charge on any atom is 0.329 e. The van der Waals surface area contributed by atoms with Gasteiger partial charge in [-0.2, -0.15) is 0 Å². The first-order valence-electron chi connectivity index (χ1n) is 8.71. The van der Waals surface area contributed by atoms with Crippen LogP contribution < -0.4 is 5.69 Å². The first kappa shape index (κ1) is 21.0. The normalized spacial score (nSPS) is 12.5. The van der Waals surface area contributed by atoms with E-state index in [-0.39, 0.29) is 11.7 Å². The standard InChI is InChI=1S/C20H21Cl2N3O2S/c1-12(2)25-19(28-16-10-14(21)9-15(22)11-16)17(24(3)20(25)26)18(27-4)13-5-7-23-8-6-13/h5-12,18H,1-4H3. The largest absolute Gasteiger partial charge is 0.370 e. The molecule has 2 aromatic heterocycles. The lowest BCUT2D eigenvalue weighted by Crippen LogP contribution is -2.24. The van der Waals surface area contributed by atoms with E-state index in [0.717, 1.165) is 21.2 Å². The minimum Gasteiger partial charge on any atom is -0.370 e. The van der Waals surface area contributed by atoms with Crippen molar-refractivity contribution in [3.05, 3.63) is 74.5 Å². The third-order valence-corrected chi connectivity index (χ3v) is 5.86. The van der Waals surface area contributed by atoms with Gasteiger partial charge >= 0.3 is 5.69 Å². The maximum atomic E-state index is 13.0. The molecule has 28 heavy (non-hydrogen) atoms. The van der Waals surface area contributed by atoms with Gasteiger partial charge in [0.1, 0.15) is 11.1 Å². The summed E-state index contributed by atoms with van der Waals surface area (Å²) in [5.74, 6) is 0. The Bertz CT molecular complexity index is 1010. The number of pyridine rings is 1. The highest BCUT2D eigenvalue weighted by Crippen LogP contribution is 2.39. The second-order valence-corrected chi connectivity index (χ2v) is 8.53. The first-order chi connectivity index (χ1) is 13.3. The molecule has 3 rings (SSSR count). The number of rotatable bonds is 6. The van der Waals surface area contributed by atoms with Crippen LogP contribution >= 0.6 is 35.0 Å². The number of hydrogen-bond donors (Lipinski definition) is 0. The number of halogens is 2. The summed E-state index contributed by atoms with van der Waals surface area (Å²) in [5, 5.41) is 1.89. The van der Waals surface area contributed by atoms with Gasteiger partial charge in [0.05, 0.1) is 5.69 Å². The number of imidazole rings is 1. The lowest BCUT2D eigenvalue weighted by molar-refractivity contribution is 0.127.